The molecule has 5 nitrogen and oxygen atoms in total. The number of esters is 1. The first-order valence-electron chi connectivity index (χ1n) is 7.21. The molecule has 0 spiro atoms. The van der Waals surface area contributed by atoms with Gasteiger partial charge in [0, 0.05) is 10.6 Å². The van der Waals surface area contributed by atoms with Crippen molar-refractivity contribution in [3.63, 3.8) is 0 Å². The second-order valence-corrected chi connectivity index (χ2v) is 6.66. The maximum Gasteiger partial charge on any atom is 0.337 e. The number of methoxy groups -OCH3 is 1. The molecule has 124 valence electrons. The highest BCUT2D eigenvalue weighted by Crippen LogP contribution is 2.31. The molecule has 25 heavy (non-hydrogen) atoms. The lowest BCUT2D eigenvalue weighted by atomic mass is 9.98. The van der Waals surface area contributed by atoms with E-state index < -0.39 is 11.9 Å². The van der Waals surface area contributed by atoms with Gasteiger partial charge in [0.05, 0.1) is 29.0 Å². The summed E-state index contributed by atoms with van der Waals surface area (Å²) in [6.07, 6.45) is 0. The molecular formula is C18H11ClN2O3S. The second-order valence-electron chi connectivity index (χ2n) is 5.16. The average molecular weight is 371 g/mol. The molecule has 0 aliphatic heterocycles. The first kappa shape index (κ1) is 17.1. The maximum absolute atomic E-state index is 12.7. The van der Waals surface area contributed by atoms with Crippen LogP contribution in [0.3, 0.4) is 0 Å². The number of Topliss-reactive ketones (excluding diaryl/α,β-unsaturated/α-hetero) is 1. The van der Waals surface area contributed by atoms with Gasteiger partial charge in [-0.1, -0.05) is 23.7 Å². The number of hydrogen-bond acceptors (Lipinski definition) is 6. The molecule has 0 bridgehead atoms. The zero-order valence-electron chi connectivity index (χ0n) is 13.0. The van der Waals surface area contributed by atoms with Gasteiger partial charge in [0.2, 0.25) is 0 Å². The quantitative estimate of drug-likeness (QED) is 0.507. The standard InChI is InChI=1S/C18H11ClN2O3S/c1-24-18(23)11-4-2-10(3-5-11)16(22)13(9-20)17-21-14-8-12(19)6-7-15(14)25-17/h2-8,13H,1H3/t13-/m0/s1. The van der Waals surface area contributed by atoms with E-state index in [1.807, 2.05) is 12.1 Å². The summed E-state index contributed by atoms with van der Waals surface area (Å²) < 4.78 is 5.48. The summed E-state index contributed by atoms with van der Waals surface area (Å²) in [5.74, 6) is -1.87. The third-order valence-electron chi connectivity index (χ3n) is 3.59. The van der Waals surface area contributed by atoms with E-state index in [-0.39, 0.29) is 5.78 Å². The Morgan fingerprint density at radius 3 is 2.52 bits per heavy atom. The molecule has 0 amide bonds. The maximum atomic E-state index is 12.7. The highest BCUT2D eigenvalue weighted by atomic mass is 35.5. The van der Waals surface area contributed by atoms with Crippen LogP contribution in [0.2, 0.25) is 5.02 Å². The van der Waals surface area contributed by atoms with Gasteiger partial charge in [0.15, 0.2) is 11.7 Å². The predicted octanol–water partition coefficient (Wildman–Crippen LogP) is 4.23. The molecule has 2 aromatic carbocycles. The number of benzene rings is 2. The number of hydrogen-bond donors (Lipinski definition) is 0. The minimum Gasteiger partial charge on any atom is -0.465 e. The molecule has 0 aliphatic carbocycles. The van der Waals surface area contributed by atoms with E-state index in [1.54, 1.807) is 12.1 Å². The molecule has 0 saturated carbocycles. The largest absolute Gasteiger partial charge is 0.465 e. The fourth-order valence-electron chi connectivity index (χ4n) is 2.32. The number of fused-ring (bicyclic) bond motifs is 1. The number of ether oxygens (including phenoxy) is 1. The Kier molecular flexibility index (Phi) is 4.79. The Balaban J connectivity index is 1.92. The highest BCUT2D eigenvalue weighted by Gasteiger charge is 2.25. The van der Waals surface area contributed by atoms with Crippen LogP contribution in [0.25, 0.3) is 10.2 Å². The van der Waals surface area contributed by atoms with Gasteiger partial charge in [0.25, 0.3) is 0 Å². The number of thiazole rings is 1. The van der Waals surface area contributed by atoms with Crippen molar-refractivity contribution >= 4 is 44.9 Å². The van der Waals surface area contributed by atoms with Gasteiger partial charge in [-0.05, 0) is 30.3 Å². The second kappa shape index (κ2) is 7.01. The number of nitriles is 1. The van der Waals surface area contributed by atoms with E-state index in [2.05, 4.69) is 9.72 Å². The van der Waals surface area contributed by atoms with Gasteiger partial charge in [0.1, 0.15) is 5.01 Å². The Hall–Kier alpha value is -2.75. The normalized spacial score (nSPS) is 11.7. The van der Waals surface area contributed by atoms with Gasteiger partial charge in [-0.15, -0.1) is 11.3 Å². The molecule has 0 saturated heterocycles. The number of nitrogens with zero attached hydrogens (tertiary/aromatic N) is 2. The first-order chi connectivity index (χ1) is 12.0. The fraction of sp³-hybridized carbons (Fsp3) is 0.111. The van der Waals surface area contributed by atoms with Crippen molar-refractivity contribution in [2.75, 3.05) is 7.11 Å². The smallest absolute Gasteiger partial charge is 0.337 e. The zero-order valence-corrected chi connectivity index (χ0v) is 14.6. The molecule has 1 atom stereocenters. The van der Waals surface area contributed by atoms with Crippen LogP contribution >= 0.6 is 22.9 Å². The minimum absolute atomic E-state index is 0.330. The van der Waals surface area contributed by atoms with Crippen LogP contribution in [-0.4, -0.2) is 23.8 Å². The number of ketones is 1. The summed E-state index contributed by atoms with van der Waals surface area (Å²) >= 11 is 7.23. The molecule has 1 heterocycles. The summed E-state index contributed by atoms with van der Waals surface area (Å²) in [6, 6.07) is 13.2. The Labute approximate surface area is 152 Å². The van der Waals surface area contributed by atoms with Crippen LogP contribution in [0.15, 0.2) is 42.5 Å². The molecule has 7 heteroatoms. The van der Waals surface area contributed by atoms with Gasteiger partial charge in [-0.3, -0.25) is 4.79 Å². The number of aromatic nitrogens is 1. The van der Waals surface area contributed by atoms with E-state index in [9.17, 15) is 14.9 Å². The van der Waals surface area contributed by atoms with Crippen molar-refractivity contribution in [1.82, 2.24) is 4.98 Å². The third-order valence-corrected chi connectivity index (χ3v) is 4.93. The van der Waals surface area contributed by atoms with E-state index in [0.29, 0.717) is 26.7 Å². The average Bonchev–Trinajstić information content (AvgIpc) is 3.04. The van der Waals surface area contributed by atoms with E-state index in [4.69, 9.17) is 11.6 Å². The SMILES string of the molecule is COC(=O)c1ccc(C(=O)[C@H](C#N)c2nc3cc(Cl)ccc3s2)cc1. The number of carbonyl (C=O) groups excluding carboxylic acids is 2. The minimum atomic E-state index is -1.01. The van der Waals surface area contributed by atoms with E-state index in [1.165, 1.54) is 42.7 Å². The number of carbonyl (C=O) groups is 2. The number of halogens is 1. The van der Waals surface area contributed by atoms with Crippen LogP contribution in [0.4, 0.5) is 0 Å². The summed E-state index contributed by atoms with van der Waals surface area (Å²) in [6.45, 7) is 0. The van der Waals surface area contributed by atoms with Crippen molar-refractivity contribution in [3.8, 4) is 6.07 Å². The fourth-order valence-corrected chi connectivity index (χ4v) is 3.48. The molecule has 0 N–H and O–H groups in total. The van der Waals surface area contributed by atoms with Crippen molar-refractivity contribution in [3.05, 3.63) is 63.6 Å². The van der Waals surface area contributed by atoms with Crippen molar-refractivity contribution in [2.45, 2.75) is 5.92 Å². The van der Waals surface area contributed by atoms with Gasteiger partial charge in [-0.2, -0.15) is 5.26 Å². The summed E-state index contributed by atoms with van der Waals surface area (Å²) in [5, 5.41) is 10.4. The molecule has 0 unspecified atom stereocenters. The molecule has 1 aromatic heterocycles. The lowest BCUT2D eigenvalue weighted by Crippen LogP contribution is -2.11. The Morgan fingerprint density at radius 1 is 1.20 bits per heavy atom. The van der Waals surface area contributed by atoms with Crippen LogP contribution in [0.5, 0.6) is 0 Å². The van der Waals surface area contributed by atoms with Crippen molar-refractivity contribution in [1.29, 1.82) is 5.26 Å². The molecule has 0 fully saturated rings. The van der Waals surface area contributed by atoms with Gasteiger partial charge >= 0.3 is 5.97 Å². The van der Waals surface area contributed by atoms with Gasteiger partial charge in [-0.25, -0.2) is 9.78 Å². The first-order valence-corrected chi connectivity index (χ1v) is 8.41. The molecule has 3 rings (SSSR count). The summed E-state index contributed by atoms with van der Waals surface area (Å²) in [7, 11) is 1.28. The van der Waals surface area contributed by atoms with E-state index in [0.717, 1.165) is 4.70 Å². The van der Waals surface area contributed by atoms with Crippen LogP contribution < -0.4 is 0 Å². The molecule has 3 aromatic rings. The number of rotatable bonds is 4. The van der Waals surface area contributed by atoms with Crippen LogP contribution in [-0.2, 0) is 4.74 Å². The lowest BCUT2D eigenvalue weighted by molar-refractivity contribution is 0.0600. The molecule has 0 radical (unpaired) electrons. The Bertz CT molecular complexity index is 1010. The molecule has 0 aliphatic rings. The predicted molar refractivity (Wildman–Crippen MR) is 95.1 cm³/mol. The summed E-state index contributed by atoms with van der Waals surface area (Å²) in [4.78, 5) is 28.5. The molecular weight excluding hydrogens is 360 g/mol. The highest BCUT2D eigenvalue weighted by molar-refractivity contribution is 7.18. The topological polar surface area (TPSA) is 80.0 Å². The monoisotopic (exact) mass is 370 g/mol. The van der Waals surface area contributed by atoms with Gasteiger partial charge < -0.3 is 4.74 Å². The van der Waals surface area contributed by atoms with E-state index >= 15 is 0 Å². The van der Waals surface area contributed by atoms with Crippen molar-refractivity contribution in [2.24, 2.45) is 0 Å². The third kappa shape index (κ3) is 3.38. The van der Waals surface area contributed by atoms with Crippen LogP contribution in [0, 0.1) is 11.3 Å². The Morgan fingerprint density at radius 2 is 1.88 bits per heavy atom. The van der Waals surface area contributed by atoms with Crippen molar-refractivity contribution < 1.29 is 14.3 Å². The lowest BCUT2D eigenvalue weighted by Gasteiger charge is -2.06. The van der Waals surface area contributed by atoms with Crippen LogP contribution in [0.1, 0.15) is 31.6 Å². The summed E-state index contributed by atoms with van der Waals surface area (Å²) in [5.41, 5.74) is 1.32. The zero-order chi connectivity index (χ0) is 18.0.